The third-order valence-electron chi connectivity index (χ3n) is 3.92. The Labute approximate surface area is 91.5 Å². The average Bonchev–Trinajstić information content (AvgIpc) is 2.15. The molecule has 1 aliphatic heterocycles. The van der Waals surface area contributed by atoms with Gasteiger partial charge in [0.15, 0.2) is 0 Å². The lowest BCUT2D eigenvalue weighted by atomic mass is 9.73. The summed E-state index contributed by atoms with van der Waals surface area (Å²) >= 11 is 0. The molecule has 2 aliphatic rings. The Morgan fingerprint density at radius 2 is 1.67 bits per heavy atom. The van der Waals surface area contributed by atoms with Crippen molar-refractivity contribution in [2.75, 3.05) is 13.1 Å². The maximum absolute atomic E-state index is 11.5. The highest BCUT2D eigenvalue weighted by Gasteiger charge is 2.51. The maximum atomic E-state index is 11.5. The van der Waals surface area contributed by atoms with Crippen molar-refractivity contribution in [2.24, 2.45) is 5.41 Å². The maximum Gasteiger partial charge on any atom is 0.324 e. The number of likely N-dealkylation sites (tertiary alicyclic amines) is 1. The number of carbonyl (C=O) groups is 1. The van der Waals surface area contributed by atoms with Gasteiger partial charge in [-0.2, -0.15) is 0 Å². The van der Waals surface area contributed by atoms with Crippen LogP contribution in [-0.4, -0.2) is 34.6 Å². The Balaban J connectivity index is 2.10. The van der Waals surface area contributed by atoms with Crippen molar-refractivity contribution >= 4 is 5.97 Å². The van der Waals surface area contributed by atoms with Gasteiger partial charge in [-0.3, -0.25) is 9.69 Å². The molecule has 15 heavy (non-hydrogen) atoms. The number of carboxylic acids is 1. The first-order valence-corrected chi connectivity index (χ1v) is 5.95. The second-order valence-electron chi connectivity index (χ2n) is 5.92. The van der Waals surface area contributed by atoms with Crippen LogP contribution in [0.1, 0.15) is 46.0 Å². The van der Waals surface area contributed by atoms with E-state index in [1.807, 2.05) is 0 Å². The van der Waals surface area contributed by atoms with Crippen LogP contribution in [0.25, 0.3) is 0 Å². The summed E-state index contributed by atoms with van der Waals surface area (Å²) < 4.78 is 0. The van der Waals surface area contributed by atoms with Crippen LogP contribution in [0.15, 0.2) is 0 Å². The van der Waals surface area contributed by atoms with E-state index in [-0.39, 0.29) is 0 Å². The first-order valence-electron chi connectivity index (χ1n) is 5.95. The minimum Gasteiger partial charge on any atom is -0.480 e. The van der Waals surface area contributed by atoms with Crippen LogP contribution in [0.4, 0.5) is 0 Å². The first-order chi connectivity index (χ1) is 6.96. The fourth-order valence-electron chi connectivity index (χ4n) is 3.09. The van der Waals surface area contributed by atoms with E-state index in [0.717, 1.165) is 38.8 Å². The van der Waals surface area contributed by atoms with Gasteiger partial charge >= 0.3 is 5.97 Å². The summed E-state index contributed by atoms with van der Waals surface area (Å²) in [6.07, 6.45) is 5.04. The number of aliphatic carboxylic acids is 1. The molecule has 1 heterocycles. The molecular weight excluding hydrogens is 190 g/mol. The zero-order chi connectivity index (χ0) is 11.1. The van der Waals surface area contributed by atoms with E-state index in [4.69, 9.17) is 0 Å². The summed E-state index contributed by atoms with van der Waals surface area (Å²) in [5, 5.41) is 9.45. The Hall–Kier alpha value is -0.570. The van der Waals surface area contributed by atoms with Gasteiger partial charge in [0.1, 0.15) is 5.54 Å². The second-order valence-corrected chi connectivity index (χ2v) is 5.92. The molecule has 0 aromatic heterocycles. The van der Waals surface area contributed by atoms with E-state index >= 15 is 0 Å². The molecule has 1 saturated carbocycles. The molecule has 2 fully saturated rings. The standard InChI is InChI=1S/C12H21NO2/c1-11(2)8-13(9-11)12(10(14)15)6-4-3-5-7-12/h3-9H2,1-2H3,(H,14,15). The van der Waals surface area contributed by atoms with Gasteiger partial charge in [-0.1, -0.05) is 33.1 Å². The van der Waals surface area contributed by atoms with Crippen molar-refractivity contribution in [3.63, 3.8) is 0 Å². The lowest BCUT2D eigenvalue weighted by Crippen LogP contribution is -2.67. The molecule has 0 spiro atoms. The summed E-state index contributed by atoms with van der Waals surface area (Å²) in [4.78, 5) is 13.7. The SMILES string of the molecule is CC1(C)CN(C2(C(=O)O)CCCCC2)C1. The molecule has 0 amide bonds. The molecule has 2 rings (SSSR count). The van der Waals surface area contributed by atoms with E-state index in [1.165, 1.54) is 6.42 Å². The summed E-state index contributed by atoms with van der Waals surface area (Å²) in [5.41, 5.74) is -0.201. The monoisotopic (exact) mass is 211 g/mol. The lowest BCUT2D eigenvalue weighted by Gasteiger charge is -2.55. The lowest BCUT2D eigenvalue weighted by molar-refractivity contribution is -0.165. The van der Waals surface area contributed by atoms with Gasteiger partial charge in [-0.25, -0.2) is 0 Å². The fourth-order valence-corrected chi connectivity index (χ4v) is 3.09. The van der Waals surface area contributed by atoms with Crippen LogP contribution in [0.5, 0.6) is 0 Å². The van der Waals surface area contributed by atoms with Crippen molar-refractivity contribution in [2.45, 2.75) is 51.5 Å². The molecule has 1 aliphatic carbocycles. The highest BCUT2D eigenvalue weighted by Crippen LogP contribution is 2.42. The smallest absolute Gasteiger partial charge is 0.324 e. The Bertz CT molecular complexity index is 259. The second kappa shape index (κ2) is 3.48. The number of carboxylic acid groups (broad SMARTS) is 1. The quantitative estimate of drug-likeness (QED) is 0.760. The van der Waals surface area contributed by atoms with Gasteiger partial charge in [0.25, 0.3) is 0 Å². The number of nitrogens with zero attached hydrogens (tertiary/aromatic N) is 1. The van der Waals surface area contributed by atoms with E-state index in [9.17, 15) is 9.90 Å². The molecule has 3 heteroatoms. The largest absolute Gasteiger partial charge is 0.480 e. The summed E-state index contributed by atoms with van der Waals surface area (Å²) in [7, 11) is 0. The van der Waals surface area contributed by atoms with Crippen molar-refractivity contribution < 1.29 is 9.90 Å². The van der Waals surface area contributed by atoms with E-state index in [2.05, 4.69) is 18.7 Å². The van der Waals surface area contributed by atoms with Gasteiger partial charge in [0.05, 0.1) is 0 Å². The minimum atomic E-state index is -0.599. The van der Waals surface area contributed by atoms with Crippen LogP contribution in [0.3, 0.4) is 0 Å². The molecule has 86 valence electrons. The van der Waals surface area contributed by atoms with Gasteiger partial charge in [-0.05, 0) is 18.3 Å². The van der Waals surface area contributed by atoms with Gasteiger partial charge in [0, 0.05) is 13.1 Å². The van der Waals surface area contributed by atoms with E-state index in [0.29, 0.717) is 5.41 Å². The molecule has 3 nitrogen and oxygen atoms in total. The van der Waals surface area contributed by atoms with Gasteiger partial charge in [-0.15, -0.1) is 0 Å². The first kappa shape index (κ1) is 10.9. The molecule has 0 bridgehead atoms. The van der Waals surface area contributed by atoms with E-state index < -0.39 is 11.5 Å². The zero-order valence-electron chi connectivity index (χ0n) is 9.75. The van der Waals surface area contributed by atoms with E-state index in [1.54, 1.807) is 0 Å². The molecule has 0 aromatic carbocycles. The Morgan fingerprint density at radius 1 is 1.13 bits per heavy atom. The predicted molar refractivity (Wildman–Crippen MR) is 58.8 cm³/mol. The van der Waals surface area contributed by atoms with Gasteiger partial charge in [0.2, 0.25) is 0 Å². The van der Waals surface area contributed by atoms with Crippen molar-refractivity contribution in [3.8, 4) is 0 Å². The average molecular weight is 211 g/mol. The molecule has 0 radical (unpaired) electrons. The van der Waals surface area contributed by atoms with Crippen LogP contribution < -0.4 is 0 Å². The third-order valence-corrected chi connectivity index (χ3v) is 3.92. The summed E-state index contributed by atoms with van der Waals surface area (Å²) in [6.45, 7) is 6.31. The highest BCUT2D eigenvalue weighted by molar-refractivity contribution is 5.79. The topological polar surface area (TPSA) is 40.5 Å². The molecule has 1 saturated heterocycles. The van der Waals surface area contributed by atoms with Crippen molar-refractivity contribution in [1.29, 1.82) is 0 Å². The van der Waals surface area contributed by atoms with Crippen molar-refractivity contribution in [3.05, 3.63) is 0 Å². The molecular formula is C12H21NO2. The van der Waals surface area contributed by atoms with Crippen LogP contribution >= 0.6 is 0 Å². The number of hydrogen-bond acceptors (Lipinski definition) is 2. The van der Waals surface area contributed by atoms with Crippen molar-refractivity contribution in [1.82, 2.24) is 4.90 Å². The summed E-state index contributed by atoms with van der Waals surface area (Å²) in [5.74, 6) is -0.599. The van der Waals surface area contributed by atoms with Crippen LogP contribution in [-0.2, 0) is 4.79 Å². The molecule has 0 atom stereocenters. The molecule has 0 unspecified atom stereocenters. The van der Waals surface area contributed by atoms with Crippen LogP contribution in [0, 0.1) is 5.41 Å². The molecule has 0 aromatic rings. The highest BCUT2D eigenvalue weighted by atomic mass is 16.4. The Kier molecular flexibility index (Phi) is 2.53. The third kappa shape index (κ3) is 1.78. The zero-order valence-corrected chi connectivity index (χ0v) is 9.75. The van der Waals surface area contributed by atoms with Crippen LogP contribution in [0.2, 0.25) is 0 Å². The normalized spacial score (nSPS) is 29.5. The summed E-state index contributed by atoms with van der Waals surface area (Å²) in [6, 6.07) is 0. The number of rotatable bonds is 2. The minimum absolute atomic E-state index is 0.319. The van der Waals surface area contributed by atoms with Gasteiger partial charge < -0.3 is 5.11 Å². The number of hydrogen-bond donors (Lipinski definition) is 1. The molecule has 1 N–H and O–H groups in total. The predicted octanol–water partition coefficient (Wildman–Crippen LogP) is 2.12. The Morgan fingerprint density at radius 3 is 2.07 bits per heavy atom. The fraction of sp³-hybridized carbons (Fsp3) is 0.917.